The van der Waals surface area contributed by atoms with Crippen LogP contribution in [0.15, 0.2) is 4.52 Å². The summed E-state index contributed by atoms with van der Waals surface area (Å²) in [4.78, 5) is 0. The third-order valence-electron chi connectivity index (χ3n) is 4.00. The van der Waals surface area contributed by atoms with Crippen LogP contribution in [0.3, 0.4) is 0 Å². The van der Waals surface area contributed by atoms with Gasteiger partial charge < -0.3 is 10.3 Å². The van der Waals surface area contributed by atoms with Crippen LogP contribution < -0.4 is 5.73 Å². The predicted molar refractivity (Wildman–Crippen MR) is 53.0 cm³/mol. The molecule has 3 heteroatoms. The van der Waals surface area contributed by atoms with Crippen LogP contribution in [0.5, 0.6) is 0 Å². The maximum Gasteiger partial charge on any atom is 0.137 e. The van der Waals surface area contributed by atoms with Crippen LogP contribution in [-0.2, 0) is 5.41 Å². The Morgan fingerprint density at radius 3 is 2.21 bits per heavy atom. The lowest BCUT2D eigenvalue weighted by Crippen LogP contribution is -2.37. The molecule has 2 N–H and O–H groups in total. The van der Waals surface area contributed by atoms with Crippen molar-refractivity contribution >= 4 is 0 Å². The molecule has 0 atom stereocenters. The molecular weight excluding hydrogens is 176 g/mol. The van der Waals surface area contributed by atoms with Crippen molar-refractivity contribution in [3.63, 3.8) is 0 Å². The Kier molecular flexibility index (Phi) is 1.34. The summed E-state index contributed by atoms with van der Waals surface area (Å²) in [5, 5.41) is 4.03. The second kappa shape index (κ2) is 2.22. The zero-order valence-corrected chi connectivity index (χ0v) is 8.76. The fourth-order valence-corrected chi connectivity index (χ4v) is 2.90. The van der Waals surface area contributed by atoms with Crippen molar-refractivity contribution < 1.29 is 4.52 Å². The number of hydrogen-bond acceptors (Lipinski definition) is 3. The lowest BCUT2D eigenvalue weighted by molar-refractivity contribution is 0.388. The maximum atomic E-state index is 6.35. The summed E-state index contributed by atoms with van der Waals surface area (Å²) < 4.78 is 5.24. The van der Waals surface area contributed by atoms with E-state index in [1.165, 1.54) is 18.4 Å². The van der Waals surface area contributed by atoms with E-state index in [0.29, 0.717) is 0 Å². The quantitative estimate of drug-likeness (QED) is 0.777. The van der Waals surface area contributed by atoms with E-state index in [2.05, 4.69) is 5.16 Å². The molecule has 0 bridgehead atoms. The second-order valence-electron chi connectivity index (χ2n) is 4.94. The van der Waals surface area contributed by atoms with Gasteiger partial charge in [0.25, 0.3) is 0 Å². The summed E-state index contributed by atoms with van der Waals surface area (Å²) in [6, 6.07) is 0. The zero-order valence-electron chi connectivity index (χ0n) is 8.76. The molecule has 0 spiro atoms. The monoisotopic (exact) mass is 192 g/mol. The molecule has 0 aromatic carbocycles. The lowest BCUT2D eigenvalue weighted by Gasteiger charge is -2.22. The first-order valence-electron chi connectivity index (χ1n) is 5.31. The van der Waals surface area contributed by atoms with E-state index in [9.17, 15) is 0 Å². The molecule has 76 valence electrons. The molecule has 0 saturated heterocycles. The van der Waals surface area contributed by atoms with Crippen molar-refractivity contribution in [2.24, 2.45) is 5.73 Å². The highest BCUT2D eigenvalue weighted by molar-refractivity contribution is 5.44. The molecule has 2 aliphatic carbocycles. The van der Waals surface area contributed by atoms with Crippen LogP contribution in [0.2, 0.25) is 0 Å². The molecule has 1 heterocycles. The first-order chi connectivity index (χ1) is 6.59. The third kappa shape index (κ3) is 0.836. The van der Waals surface area contributed by atoms with Gasteiger partial charge in [0, 0.05) is 16.5 Å². The van der Waals surface area contributed by atoms with E-state index < -0.39 is 0 Å². The maximum absolute atomic E-state index is 6.35. The molecule has 3 rings (SSSR count). The summed E-state index contributed by atoms with van der Waals surface area (Å²) in [6.45, 7) is 4.03. The third-order valence-corrected chi connectivity index (χ3v) is 4.00. The molecule has 0 amide bonds. The Balaban J connectivity index is 2.10. The van der Waals surface area contributed by atoms with Crippen molar-refractivity contribution in [2.45, 2.75) is 50.5 Å². The summed E-state index contributed by atoms with van der Waals surface area (Å²) >= 11 is 0. The first kappa shape index (κ1) is 8.48. The van der Waals surface area contributed by atoms with Gasteiger partial charge in [-0.25, -0.2) is 0 Å². The first-order valence-corrected chi connectivity index (χ1v) is 5.31. The minimum absolute atomic E-state index is 0.0636. The highest BCUT2D eigenvalue weighted by atomic mass is 16.5. The lowest BCUT2D eigenvalue weighted by atomic mass is 9.85. The molecule has 2 fully saturated rings. The smallest absolute Gasteiger partial charge is 0.137 e. The molecule has 0 radical (unpaired) electrons. The van der Waals surface area contributed by atoms with E-state index in [4.69, 9.17) is 10.3 Å². The number of nitrogens with two attached hydrogens (primary N) is 1. The van der Waals surface area contributed by atoms with Gasteiger partial charge in [0.1, 0.15) is 5.76 Å². The van der Waals surface area contributed by atoms with Crippen LogP contribution in [0.25, 0.3) is 0 Å². The van der Waals surface area contributed by atoms with Gasteiger partial charge in [-0.05, 0) is 39.5 Å². The van der Waals surface area contributed by atoms with Crippen molar-refractivity contribution in [3.8, 4) is 0 Å². The second-order valence-corrected chi connectivity index (χ2v) is 4.94. The topological polar surface area (TPSA) is 52.0 Å². The van der Waals surface area contributed by atoms with Crippen molar-refractivity contribution in [1.29, 1.82) is 0 Å². The standard InChI is InChI=1S/C11H16N2O/c1-7-9(8(2)14-13-7)10(3-4-10)11(12)5-6-11/h3-6,12H2,1-2H3. The van der Waals surface area contributed by atoms with Gasteiger partial charge in [-0.15, -0.1) is 0 Å². The molecule has 2 saturated carbocycles. The van der Waals surface area contributed by atoms with Gasteiger partial charge in [0.15, 0.2) is 0 Å². The van der Waals surface area contributed by atoms with Crippen LogP contribution >= 0.6 is 0 Å². The van der Waals surface area contributed by atoms with Gasteiger partial charge in [-0.2, -0.15) is 0 Å². The summed E-state index contributed by atoms with van der Waals surface area (Å²) in [5.41, 5.74) is 8.98. The van der Waals surface area contributed by atoms with Gasteiger partial charge in [-0.3, -0.25) is 0 Å². The molecular formula is C11H16N2O. The Bertz CT molecular complexity index is 366. The zero-order chi connectivity index (χ0) is 9.97. The van der Waals surface area contributed by atoms with E-state index in [-0.39, 0.29) is 11.0 Å². The van der Waals surface area contributed by atoms with Crippen molar-refractivity contribution in [3.05, 3.63) is 17.0 Å². The molecule has 2 aliphatic rings. The minimum Gasteiger partial charge on any atom is -0.361 e. The van der Waals surface area contributed by atoms with Crippen molar-refractivity contribution in [1.82, 2.24) is 5.16 Å². The fourth-order valence-electron chi connectivity index (χ4n) is 2.90. The highest BCUT2D eigenvalue weighted by Crippen LogP contribution is 2.64. The fraction of sp³-hybridized carbons (Fsp3) is 0.727. The minimum atomic E-state index is 0.0636. The summed E-state index contributed by atoms with van der Waals surface area (Å²) in [5.74, 6) is 0.969. The number of aryl methyl sites for hydroxylation is 2. The largest absolute Gasteiger partial charge is 0.361 e. The predicted octanol–water partition coefficient (Wildman–Crippen LogP) is 1.81. The van der Waals surface area contributed by atoms with Gasteiger partial charge in [0.05, 0.1) is 5.69 Å². The van der Waals surface area contributed by atoms with E-state index >= 15 is 0 Å². The van der Waals surface area contributed by atoms with Gasteiger partial charge >= 0.3 is 0 Å². The number of hydrogen-bond donors (Lipinski definition) is 1. The number of aromatic nitrogens is 1. The van der Waals surface area contributed by atoms with Crippen LogP contribution in [-0.4, -0.2) is 10.7 Å². The molecule has 3 nitrogen and oxygen atoms in total. The molecule has 1 aromatic heterocycles. The Hall–Kier alpha value is -0.830. The van der Waals surface area contributed by atoms with E-state index in [0.717, 1.165) is 24.3 Å². The average molecular weight is 192 g/mol. The molecule has 1 aromatic rings. The Labute approximate surface area is 83.6 Å². The van der Waals surface area contributed by atoms with E-state index in [1.54, 1.807) is 0 Å². The van der Waals surface area contributed by atoms with E-state index in [1.807, 2.05) is 13.8 Å². The molecule has 0 aliphatic heterocycles. The Morgan fingerprint density at radius 2 is 1.86 bits per heavy atom. The van der Waals surface area contributed by atoms with Crippen LogP contribution in [0.4, 0.5) is 0 Å². The SMILES string of the molecule is Cc1noc(C)c1C1(C2(N)CC2)CC1. The molecule has 0 unspecified atom stereocenters. The normalized spacial score (nSPS) is 26.2. The van der Waals surface area contributed by atoms with Crippen LogP contribution in [0, 0.1) is 13.8 Å². The molecule has 14 heavy (non-hydrogen) atoms. The number of nitrogens with zero attached hydrogens (tertiary/aromatic N) is 1. The van der Waals surface area contributed by atoms with Gasteiger partial charge in [-0.1, -0.05) is 5.16 Å². The van der Waals surface area contributed by atoms with Gasteiger partial charge in [0.2, 0.25) is 0 Å². The van der Waals surface area contributed by atoms with Crippen LogP contribution in [0.1, 0.15) is 42.7 Å². The summed E-state index contributed by atoms with van der Waals surface area (Å²) in [7, 11) is 0. The Morgan fingerprint density at radius 1 is 1.21 bits per heavy atom. The number of rotatable bonds is 2. The van der Waals surface area contributed by atoms with Crippen molar-refractivity contribution in [2.75, 3.05) is 0 Å². The summed E-state index contributed by atoms with van der Waals surface area (Å²) in [6.07, 6.45) is 4.76. The highest BCUT2D eigenvalue weighted by Gasteiger charge is 2.65. The average Bonchev–Trinajstić information content (AvgIpc) is 3.01.